The number of carbonyl (C=O) groups is 2. The molecule has 0 aliphatic carbocycles. The maximum atomic E-state index is 12.2. The van der Waals surface area contributed by atoms with Crippen LogP contribution in [0.1, 0.15) is 23.6 Å². The van der Waals surface area contributed by atoms with Crippen molar-refractivity contribution < 1.29 is 9.59 Å². The molecule has 5 heteroatoms. The van der Waals surface area contributed by atoms with Crippen molar-refractivity contribution in [2.75, 3.05) is 16.0 Å². The van der Waals surface area contributed by atoms with Crippen LogP contribution in [0.3, 0.4) is 0 Å². The lowest BCUT2D eigenvalue weighted by molar-refractivity contribution is -0.114. The van der Waals surface area contributed by atoms with Crippen LogP contribution in [0.25, 0.3) is 0 Å². The molecule has 0 heterocycles. The lowest BCUT2D eigenvalue weighted by Crippen LogP contribution is -2.20. The molecule has 0 aliphatic heterocycles. The molecule has 0 saturated carbocycles. The first-order chi connectivity index (χ1) is 10.8. The van der Waals surface area contributed by atoms with Crippen LogP contribution < -0.4 is 16.0 Å². The lowest BCUT2D eigenvalue weighted by atomic mass is 10.1. The molecule has 0 unspecified atom stereocenters. The van der Waals surface area contributed by atoms with E-state index in [-0.39, 0.29) is 11.9 Å². The van der Waals surface area contributed by atoms with Crippen LogP contribution in [-0.4, -0.2) is 11.9 Å². The van der Waals surface area contributed by atoms with Gasteiger partial charge in [-0.3, -0.25) is 4.79 Å². The fourth-order valence-corrected chi connectivity index (χ4v) is 2.53. The number of amides is 3. The minimum Gasteiger partial charge on any atom is -0.326 e. The van der Waals surface area contributed by atoms with Crippen LogP contribution in [0, 0.1) is 20.8 Å². The first-order valence-corrected chi connectivity index (χ1v) is 7.38. The Labute approximate surface area is 136 Å². The number of hydrogen-bond donors (Lipinski definition) is 3. The summed E-state index contributed by atoms with van der Waals surface area (Å²) in [7, 11) is 0. The second kappa shape index (κ2) is 6.96. The molecule has 2 aromatic rings. The van der Waals surface area contributed by atoms with E-state index in [0.717, 1.165) is 22.4 Å². The van der Waals surface area contributed by atoms with E-state index >= 15 is 0 Å². The Balaban J connectivity index is 2.10. The Morgan fingerprint density at radius 1 is 0.826 bits per heavy atom. The van der Waals surface area contributed by atoms with Crippen LogP contribution >= 0.6 is 0 Å². The van der Waals surface area contributed by atoms with Gasteiger partial charge in [0.25, 0.3) is 0 Å². The van der Waals surface area contributed by atoms with Gasteiger partial charge in [0.1, 0.15) is 0 Å². The Bertz CT molecular complexity index is 731. The molecule has 0 aromatic heterocycles. The zero-order chi connectivity index (χ0) is 17.0. The SMILES string of the molecule is CC(=O)Nc1cccc(NC(=O)Nc2c(C)cc(C)cc2C)c1. The van der Waals surface area contributed by atoms with Crippen molar-refractivity contribution in [3.05, 3.63) is 53.1 Å². The quantitative estimate of drug-likeness (QED) is 0.794. The van der Waals surface area contributed by atoms with Gasteiger partial charge in [0.2, 0.25) is 5.91 Å². The van der Waals surface area contributed by atoms with E-state index in [4.69, 9.17) is 0 Å². The summed E-state index contributed by atoms with van der Waals surface area (Å²) in [4.78, 5) is 23.3. The molecule has 0 spiro atoms. The third kappa shape index (κ3) is 4.57. The molecule has 5 nitrogen and oxygen atoms in total. The average Bonchev–Trinajstić information content (AvgIpc) is 2.42. The molecule has 0 aliphatic rings. The molecule has 0 saturated heterocycles. The molecule has 3 N–H and O–H groups in total. The third-order valence-corrected chi connectivity index (χ3v) is 3.36. The van der Waals surface area contributed by atoms with E-state index in [1.165, 1.54) is 6.92 Å². The summed E-state index contributed by atoms with van der Waals surface area (Å²) in [6.07, 6.45) is 0. The van der Waals surface area contributed by atoms with Gasteiger partial charge in [-0.25, -0.2) is 4.79 Å². The maximum absolute atomic E-state index is 12.2. The van der Waals surface area contributed by atoms with Gasteiger partial charge in [-0.05, 0) is 50.1 Å². The van der Waals surface area contributed by atoms with Gasteiger partial charge in [0, 0.05) is 24.0 Å². The van der Waals surface area contributed by atoms with Gasteiger partial charge in [-0.1, -0.05) is 23.8 Å². The number of hydrogen-bond acceptors (Lipinski definition) is 2. The summed E-state index contributed by atoms with van der Waals surface area (Å²) in [5, 5.41) is 8.33. The summed E-state index contributed by atoms with van der Waals surface area (Å²) < 4.78 is 0. The molecular weight excluding hydrogens is 290 g/mol. The summed E-state index contributed by atoms with van der Waals surface area (Å²) in [6, 6.07) is 10.7. The largest absolute Gasteiger partial charge is 0.326 e. The zero-order valence-electron chi connectivity index (χ0n) is 13.8. The first-order valence-electron chi connectivity index (χ1n) is 7.38. The third-order valence-electron chi connectivity index (χ3n) is 3.36. The predicted octanol–water partition coefficient (Wildman–Crippen LogP) is 4.21. The van der Waals surface area contributed by atoms with Crippen LogP contribution in [0.15, 0.2) is 36.4 Å². The van der Waals surface area contributed by atoms with Gasteiger partial charge in [-0.2, -0.15) is 0 Å². The Hall–Kier alpha value is -2.82. The van der Waals surface area contributed by atoms with E-state index in [2.05, 4.69) is 16.0 Å². The summed E-state index contributed by atoms with van der Waals surface area (Å²) >= 11 is 0. The number of anilines is 3. The van der Waals surface area contributed by atoms with Crippen molar-refractivity contribution in [1.82, 2.24) is 0 Å². The molecule has 23 heavy (non-hydrogen) atoms. The minimum atomic E-state index is -0.319. The van der Waals surface area contributed by atoms with Crippen LogP contribution in [-0.2, 0) is 4.79 Å². The number of benzene rings is 2. The molecule has 3 amide bonds. The smallest absolute Gasteiger partial charge is 0.323 e. The minimum absolute atomic E-state index is 0.155. The maximum Gasteiger partial charge on any atom is 0.323 e. The van der Waals surface area contributed by atoms with Crippen molar-refractivity contribution in [2.24, 2.45) is 0 Å². The first kappa shape index (κ1) is 16.5. The number of rotatable bonds is 3. The number of urea groups is 1. The highest BCUT2D eigenvalue weighted by Crippen LogP contribution is 2.22. The van der Waals surface area contributed by atoms with Crippen molar-refractivity contribution in [2.45, 2.75) is 27.7 Å². The molecule has 2 rings (SSSR count). The number of nitrogens with one attached hydrogen (secondary N) is 3. The molecule has 0 fully saturated rings. The molecule has 0 radical (unpaired) electrons. The standard InChI is InChI=1S/C18H21N3O2/c1-11-8-12(2)17(13(3)9-11)21-18(23)20-16-7-5-6-15(10-16)19-14(4)22/h5-10H,1-4H3,(H,19,22)(H2,20,21,23). The predicted molar refractivity (Wildman–Crippen MR) is 94.0 cm³/mol. The molecule has 0 bridgehead atoms. The molecule has 0 atom stereocenters. The average molecular weight is 311 g/mol. The monoisotopic (exact) mass is 311 g/mol. The van der Waals surface area contributed by atoms with Gasteiger partial charge in [0.15, 0.2) is 0 Å². The molecule has 2 aromatic carbocycles. The fourth-order valence-electron chi connectivity index (χ4n) is 2.53. The van der Waals surface area contributed by atoms with E-state index in [1.807, 2.05) is 32.9 Å². The van der Waals surface area contributed by atoms with Crippen LogP contribution in [0.2, 0.25) is 0 Å². The Kier molecular flexibility index (Phi) is 5.01. The highest BCUT2D eigenvalue weighted by atomic mass is 16.2. The van der Waals surface area contributed by atoms with Crippen molar-refractivity contribution in [1.29, 1.82) is 0 Å². The highest BCUT2D eigenvalue weighted by Gasteiger charge is 2.09. The van der Waals surface area contributed by atoms with Crippen molar-refractivity contribution in [3.8, 4) is 0 Å². The van der Waals surface area contributed by atoms with Gasteiger partial charge < -0.3 is 16.0 Å². The summed E-state index contributed by atoms with van der Waals surface area (Å²) in [6.45, 7) is 7.40. The van der Waals surface area contributed by atoms with E-state index in [9.17, 15) is 9.59 Å². The zero-order valence-corrected chi connectivity index (χ0v) is 13.8. The fraction of sp³-hybridized carbons (Fsp3) is 0.222. The van der Waals surface area contributed by atoms with Crippen LogP contribution in [0.4, 0.5) is 21.9 Å². The molecule has 120 valence electrons. The number of carbonyl (C=O) groups excluding carboxylic acids is 2. The Morgan fingerprint density at radius 2 is 1.39 bits per heavy atom. The summed E-state index contributed by atoms with van der Waals surface area (Å²) in [5.74, 6) is -0.155. The van der Waals surface area contributed by atoms with Gasteiger partial charge >= 0.3 is 6.03 Å². The Morgan fingerprint density at radius 3 is 1.96 bits per heavy atom. The van der Waals surface area contributed by atoms with Gasteiger partial charge in [-0.15, -0.1) is 0 Å². The van der Waals surface area contributed by atoms with Crippen molar-refractivity contribution >= 4 is 29.0 Å². The second-order valence-corrected chi connectivity index (χ2v) is 5.61. The second-order valence-electron chi connectivity index (χ2n) is 5.61. The van der Waals surface area contributed by atoms with Gasteiger partial charge in [0.05, 0.1) is 0 Å². The summed E-state index contributed by atoms with van der Waals surface area (Å²) in [5.41, 5.74) is 5.25. The van der Waals surface area contributed by atoms with E-state index in [1.54, 1.807) is 24.3 Å². The van der Waals surface area contributed by atoms with E-state index < -0.39 is 0 Å². The van der Waals surface area contributed by atoms with Crippen molar-refractivity contribution in [3.63, 3.8) is 0 Å². The highest BCUT2D eigenvalue weighted by molar-refractivity contribution is 6.01. The normalized spacial score (nSPS) is 10.1. The number of aryl methyl sites for hydroxylation is 3. The van der Waals surface area contributed by atoms with Crippen LogP contribution in [0.5, 0.6) is 0 Å². The topological polar surface area (TPSA) is 70.2 Å². The molecular formula is C18H21N3O2. The lowest BCUT2D eigenvalue weighted by Gasteiger charge is -2.14. The van der Waals surface area contributed by atoms with E-state index in [0.29, 0.717) is 11.4 Å².